The minimum atomic E-state index is -1.13. The summed E-state index contributed by atoms with van der Waals surface area (Å²) in [5.41, 5.74) is 5.65. The molecular weight excluding hydrogens is 250 g/mol. The summed E-state index contributed by atoms with van der Waals surface area (Å²) in [6.45, 7) is 0.210. The molecule has 2 aromatic heterocycles. The lowest BCUT2D eigenvalue weighted by atomic mass is 10.3. The molecule has 0 spiro atoms. The summed E-state index contributed by atoms with van der Waals surface area (Å²) in [6.07, 6.45) is 1.26. The van der Waals surface area contributed by atoms with Crippen molar-refractivity contribution in [2.75, 3.05) is 5.32 Å². The van der Waals surface area contributed by atoms with E-state index in [1.54, 1.807) is 6.07 Å². The van der Waals surface area contributed by atoms with Crippen LogP contribution in [0.5, 0.6) is 0 Å². The van der Waals surface area contributed by atoms with Crippen molar-refractivity contribution in [3.8, 4) is 0 Å². The van der Waals surface area contributed by atoms with Crippen LogP contribution in [0.4, 0.5) is 5.69 Å². The molecule has 7 nitrogen and oxygen atoms in total. The summed E-state index contributed by atoms with van der Waals surface area (Å²) in [5.74, 6) is -0.951. The number of amides is 1. The van der Waals surface area contributed by atoms with Gasteiger partial charge < -0.3 is 20.6 Å². The molecule has 0 saturated carbocycles. The molecule has 0 bridgehead atoms. The van der Waals surface area contributed by atoms with Crippen molar-refractivity contribution in [2.24, 2.45) is 5.73 Å². The Kier molecular flexibility index (Phi) is 3.58. The lowest BCUT2D eigenvalue weighted by molar-refractivity contribution is 0.0690. The van der Waals surface area contributed by atoms with Gasteiger partial charge in [0.15, 0.2) is 5.76 Å². The van der Waals surface area contributed by atoms with E-state index in [4.69, 9.17) is 15.3 Å². The van der Waals surface area contributed by atoms with Crippen LogP contribution in [-0.4, -0.2) is 22.0 Å². The summed E-state index contributed by atoms with van der Waals surface area (Å²) in [4.78, 5) is 26.1. The number of carboxylic acids is 1. The molecule has 2 heterocycles. The van der Waals surface area contributed by atoms with Crippen LogP contribution in [0.2, 0.25) is 0 Å². The van der Waals surface area contributed by atoms with Gasteiger partial charge in [0.2, 0.25) is 0 Å². The molecule has 0 aromatic carbocycles. The van der Waals surface area contributed by atoms with Gasteiger partial charge >= 0.3 is 5.97 Å². The summed E-state index contributed by atoms with van der Waals surface area (Å²) >= 11 is 0. The smallest absolute Gasteiger partial charge is 0.354 e. The van der Waals surface area contributed by atoms with Crippen molar-refractivity contribution in [2.45, 2.75) is 6.54 Å². The largest absolute Gasteiger partial charge is 0.477 e. The zero-order valence-corrected chi connectivity index (χ0v) is 9.79. The van der Waals surface area contributed by atoms with E-state index in [0.29, 0.717) is 11.4 Å². The number of pyridine rings is 1. The first kappa shape index (κ1) is 12.8. The van der Waals surface area contributed by atoms with Gasteiger partial charge in [0.25, 0.3) is 5.91 Å². The Hall–Kier alpha value is -2.67. The van der Waals surface area contributed by atoms with Crippen molar-refractivity contribution < 1.29 is 19.1 Å². The molecule has 0 unspecified atom stereocenters. The van der Waals surface area contributed by atoms with Crippen LogP contribution in [0.25, 0.3) is 0 Å². The first-order valence-corrected chi connectivity index (χ1v) is 5.39. The number of nitrogens with one attached hydrogen (secondary N) is 1. The topological polar surface area (TPSA) is 118 Å². The van der Waals surface area contributed by atoms with E-state index in [9.17, 15) is 9.59 Å². The van der Waals surface area contributed by atoms with Crippen LogP contribution in [0, 0.1) is 0 Å². The fourth-order valence-corrected chi connectivity index (χ4v) is 1.40. The molecule has 0 fully saturated rings. The number of hydrogen-bond acceptors (Lipinski definition) is 5. The lowest BCUT2D eigenvalue weighted by Crippen LogP contribution is -2.11. The third-order valence-electron chi connectivity index (χ3n) is 2.33. The van der Waals surface area contributed by atoms with Crippen LogP contribution in [-0.2, 0) is 6.54 Å². The van der Waals surface area contributed by atoms with Crippen LogP contribution in [0.15, 0.2) is 34.9 Å². The molecule has 2 rings (SSSR count). The molecule has 0 aliphatic heterocycles. The molecule has 0 radical (unpaired) electrons. The van der Waals surface area contributed by atoms with Gasteiger partial charge in [-0.3, -0.25) is 4.79 Å². The van der Waals surface area contributed by atoms with Crippen LogP contribution in [0.3, 0.4) is 0 Å². The average Bonchev–Trinajstić information content (AvgIpc) is 2.88. The maximum absolute atomic E-state index is 11.8. The monoisotopic (exact) mass is 261 g/mol. The number of nitrogens with two attached hydrogens (primary N) is 1. The zero-order chi connectivity index (χ0) is 13.8. The highest BCUT2D eigenvalue weighted by atomic mass is 16.4. The Morgan fingerprint density at radius 2 is 2.11 bits per heavy atom. The van der Waals surface area contributed by atoms with E-state index >= 15 is 0 Å². The Morgan fingerprint density at radius 3 is 2.63 bits per heavy atom. The minimum absolute atomic E-state index is 0.0959. The van der Waals surface area contributed by atoms with E-state index in [1.807, 2.05) is 0 Å². The van der Waals surface area contributed by atoms with Gasteiger partial charge in [-0.15, -0.1) is 0 Å². The molecule has 0 aliphatic carbocycles. The van der Waals surface area contributed by atoms with E-state index in [-0.39, 0.29) is 18.0 Å². The standard InChI is InChI=1S/C12H11N3O4/c13-5-8-2-4-10(19-8)11(16)15-7-1-3-9(12(17)18)14-6-7/h1-4,6H,5,13H2,(H,15,16)(H,17,18). The SMILES string of the molecule is NCc1ccc(C(=O)Nc2ccc(C(=O)O)nc2)o1. The summed E-state index contributed by atoms with van der Waals surface area (Å²) in [7, 11) is 0. The highest BCUT2D eigenvalue weighted by molar-refractivity contribution is 6.02. The summed E-state index contributed by atoms with van der Waals surface area (Å²) in [6, 6.07) is 5.86. The van der Waals surface area contributed by atoms with Crippen LogP contribution < -0.4 is 11.1 Å². The second-order valence-corrected chi connectivity index (χ2v) is 3.66. The lowest BCUT2D eigenvalue weighted by Gasteiger charge is -2.02. The van der Waals surface area contributed by atoms with E-state index in [0.717, 1.165) is 0 Å². The van der Waals surface area contributed by atoms with Gasteiger partial charge in [-0.05, 0) is 24.3 Å². The zero-order valence-electron chi connectivity index (χ0n) is 9.79. The van der Waals surface area contributed by atoms with E-state index in [1.165, 1.54) is 24.4 Å². The number of carbonyl (C=O) groups excluding carboxylic acids is 1. The second-order valence-electron chi connectivity index (χ2n) is 3.66. The first-order chi connectivity index (χ1) is 9.10. The molecule has 1 amide bonds. The van der Waals surface area contributed by atoms with Crippen molar-refractivity contribution >= 4 is 17.6 Å². The molecule has 2 aromatic rings. The average molecular weight is 261 g/mol. The highest BCUT2D eigenvalue weighted by Crippen LogP contribution is 2.11. The maximum atomic E-state index is 11.8. The van der Waals surface area contributed by atoms with Gasteiger partial charge in [0, 0.05) is 0 Å². The minimum Gasteiger partial charge on any atom is -0.477 e. The summed E-state index contributed by atoms with van der Waals surface area (Å²) < 4.78 is 5.18. The molecule has 98 valence electrons. The number of furan rings is 1. The second kappa shape index (κ2) is 5.32. The first-order valence-electron chi connectivity index (χ1n) is 5.39. The number of nitrogens with zero attached hydrogens (tertiary/aromatic N) is 1. The van der Waals surface area contributed by atoms with Gasteiger partial charge in [-0.2, -0.15) is 0 Å². The van der Waals surface area contributed by atoms with Crippen LogP contribution >= 0.6 is 0 Å². The molecule has 0 aliphatic rings. The number of carbonyl (C=O) groups is 2. The number of anilines is 1. The number of aromatic carboxylic acids is 1. The molecule has 4 N–H and O–H groups in total. The number of rotatable bonds is 4. The predicted molar refractivity (Wildman–Crippen MR) is 65.7 cm³/mol. The fourth-order valence-electron chi connectivity index (χ4n) is 1.40. The molecule has 0 atom stereocenters. The number of hydrogen-bond donors (Lipinski definition) is 3. The van der Waals surface area contributed by atoms with Crippen molar-refractivity contribution in [1.29, 1.82) is 0 Å². The van der Waals surface area contributed by atoms with Crippen LogP contribution in [0.1, 0.15) is 26.8 Å². The normalized spacial score (nSPS) is 10.2. The Bertz CT molecular complexity index is 604. The molecule has 19 heavy (non-hydrogen) atoms. The van der Waals surface area contributed by atoms with Crippen molar-refractivity contribution in [3.05, 3.63) is 47.7 Å². The van der Waals surface area contributed by atoms with Gasteiger partial charge in [0.05, 0.1) is 18.4 Å². The molecular formula is C12H11N3O4. The van der Waals surface area contributed by atoms with Crippen molar-refractivity contribution in [3.63, 3.8) is 0 Å². The third kappa shape index (κ3) is 2.96. The number of carboxylic acid groups (broad SMARTS) is 1. The maximum Gasteiger partial charge on any atom is 0.354 e. The Labute approximate surface area is 108 Å². The quantitative estimate of drug-likeness (QED) is 0.757. The molecule has 7 heteroatoms. The molecule has 0 saturated heterocycles. The number of aromatic nitrogens is 1. The van der Waals surface area contributed by atoms with E-state index in [2.05, 4.69) is 10.3 Å². The van der Waals surface area contributed by atoms with E-state index < -0.39 is 11.9 Å². The Balaban J connectivity index is 2.08. The Morgan fingerprint density at radius 1 is 1.32 bits per heavy atom. The van der Waals surface area contributed by atoms with Gasteiger partial charge in [-0.25, -0.2) is 9.78 Å². The van der Waals surface area contributed by atoms with Gasteiger partial charge in [-0.1, -0.05) is 0 Å². The summed E-state index contributed by atoms with van der Waals surface area (Å²) in [5, 5.41) is 11.2. The predicted octanol–water partition coefficient (Wildman–Crippen LogP) is 1.08. The van der Waals surface area contributed by atoms with Gasteiger partial charge in [0.1, 0.15) is 11.5 Å². The fraction of sp³-hybridized carbons (Fsp3) is 0.0833. The van der Waals surface area contributed by atoms with Crippen molar-refractivity contribution in [1.82, 2.24) is 4.98 Å². The highest BCUT2D eigenvalue weighted by Gasteiger charge is 2.11. The third-order valence-corrected chi connectivity index (χ3v) is 2.33.